The van der Waals surface area contributed by atoms with Crippen molar-refractivity contribution in [3.63, 3.8) is 0 Å². The lowest BCUT2D eigenvalue weighted by Gasteiger charge is -2.14. The van der Waals surface area contributed by atoms with Gasteiger partial charge in [0.25, 0.3) is 0 Å². The third kappa shape index (κ3) is 3.12. The molecule has 1 fully saturated rings. The van der Waals surface area contributed by atoms with Crippen molar-refractivity contribution >= 4 is 11.6 Å². The summed E-state index contributed by atoms with van der Waals surface area (Å²) in [6.45, 7) is 8.28. The lowest BCUT2D eigenvalue weighted by Crippen LogP contribution is -2.11. The molecule has 1 aliphatic carbocycles. The van der Waals surface area contributed by atoms with Crippen LogP contribution in [0.3, 0.4) is 0 Å². The van der Waals surface area contributed by atoms with E-state index in [4.69, 9.17) is 0 Å². The maximum atomic E-state index is 4.69. The van der Waals surface area contributed by atoms with Gasteiger partial charge in [-0.2, -0.15) is 0 Å². The van der Waals surface area contributed by atoms with Gasteiger partial charge in [-0.3, -0.25) is 0 Å². The highest BCUT2D eigenvalue weighted by Gasteiger charge is 2.28. The highest BCUT2D eigenvalue weighted by molar-refractivity contribution is 5.57. The van der Waals surface area contributed by atoms with Crippen LogP contribution in [0, 0.1) is 6.92 Å². The first-order valence-electron chi connectivity index (χ1n) is 7.12. The van der Waals surface area contributed by atoms with Crippen LogP contribution in [0.2, 0.25) is 0 Å². The van der Waals surface area contributed by atoms with Crippen molar-refractivity contribution in [2.75, 3.05) is 23.7 Å². The second kappa shape index (κ2) is 6.03. The first-order valence-corrected chi connectivity index (χ1v) is 7.12. The molecule has 1 heterocycles. The quantitative estimate of drug-likeness (QED) is 0.727. The van der Waals surface area contributed by atoms with E-state index in [1.807, 2.05) is 0 Å². The Kier molecular flexibility index (Phi) is 4.39. The van der Waals surface area contributed by atoms with Crippen LogP contribution in [0.1, 0.15) is 56.8 Å². The van der Waals surface area contributed by atoms with Crippen LogP contribution in [0.4, 0.5) is 11.6 Å². The molecule has 0 aromatic carbocycles. The minimum atomic E-state index is 0.592. The third-order valence-corrected chi connectivity index (χ3v) is 3.27. The van der Waals surface area contributed by atoms with Crippen molar-refractivity contribution in [2.45, 2.75) is 52.4 Å². The summed E-state index contributed by atoms with van der Waals surface area (Å²) in [7, 11) is 0. The van der Waals surface area contributed by atoms with Crippen molar-refractivity contribution < 1.29 is 0 Å². The molecule has 100 valence electrons. The summed E-state index contributed by atoms with van der Waals surface area (Å²) in [5.41, 5.74) is 1.14. The van der Waals surface area contributed by atoms with Crippen molar-refractivity contribution in [1.29, 1.82) is 0 Å². The molecule has 0 bridgehead atoms. The average molecular weight is 248 g/mol. The Morgan fingerprint density at radius 1 is 1.11 bits per heavy atom. The van der Waals surface area contributed by atoms with Crippen molar-refractivity contribution in [3.05, 3.63) is 11.4 Å². The smallest absolute Gasteiger partial charge is 0.136 e. The first kappa shape index (κ1) is 13.1. The second-order valence-corrected chi connectivity index (χ2v) is 4.99. The van der Waals surface area contributed by atoms with E-state index in [9.17, 15) is 0 Å². The van der Waals surface area contributed by atoms with Gasteiger partial charge in [-0.05, 0) is 33.1 Å². The fourth-order valence-electron chi connectivity index (χ4n) is 1.95. The summed E-state index contributed by atoms with van der Waals surface area (Å²) in [6, 6.07) is 0. The minimum Gasteiger partial charge on any atom is -0.370 e. The molecule has 2 rings (SSSR count). The number of anilines is 2. The normalized spacial score (nSPS) is 14.6. The molecule has 0 saturated heterocycles. The van der Waals surface area contributed by atoms with E-state index in [1.54, 1.807) is 0 Å². The SMILES string of the molecule is CCCCNc1nc(C2CC2)nc(NCC)c1C. The summed E-state index contributed by atoms with van der Waals surface area (Å²) < 4.78 is 0. The summed E-state index contributed by atoms with van der Waals surface area (Å²) in [5, 5.41) is 6.78. The number of unbranched alkanes of at least 4 members (excludes halogenated alkanes) is 1. The Morgan fingerprint density at radius 3 is 2.33 bits per heavy atom. The van der Waals surface area contributed by atoms with Gasteiger partial charge < -0.3 is 10.6 Å². The second-order valence-electron chi connectivity index (χ2n) is 4.99. The van der Waals surface area contributed by atoms with Crippen molar-refractivity contribution in [2.24, 2.45) is 0 Å². The Labute approximate surface area is 110 Å². The monoisotopic (exact) mass is 248 g/mol. The van der Waals surface area contributed by atoms with E-state index < -0.39 is 0 Å². The van der Waals surface area contributed by atoms with Gasteiger partial charge in [0.05, 0.1) is 0 Å². The molecule has 1 aromatic heterocycles. The molecular formula is C14H24N4. The fourth-order valence-corrected chi connectivity index (χ4v) is 1.95. The van der Waals surface area contributed by atoms with Crippen LogP contribution in [-0.4, -0.2) is 23.1 Å². The number of rotatable bonds is 7. The van der Waals surface area contributed by atoms with E-state index in [0.29, 0.717) is 5.92 Å². The first-order chi connectivity index (χ1) is 8.76. The number of aromatic nitrogens is 2. The van der Waals surface area contributed by atoms with E-state index in [1.165, 1.54) is 25.7 Å². The van der Waals surface area contributed by atoms with Gasteiger partial charge in [0.1, 0.15) is 17.5 Å². The van der Waals surface area contributed by atoms with Crippen LogP contribution in [0.5, 0.6) is 0 Å². The molecule has 1 saturated carbocycles. The van der Waals surface area contributed by atoms with Gasteiger partial charge in [0.15, 0.2) is 0 Å². The zero-order chi connectivity index (χ0) is 13.0. The van der Waals surface area contributed by atoms with Gasteiger partial charge in [0.2, 0.25) is 0 Å². The molecule has 18 heavy (non-hydrogen) atoms. The Balaban J connectivity index is 2.18. The van der Waals surface area contributed by atoms with E-state index >= 15 is 0 Å². The summed E-state index contributed by atoms with van der Waals surface area (Å²) >= 11 is 0. The van der Waals surface area contributed by atoms with Gasteiger partial charge in [0, 0.05) is 24.6 Å². The van der Waals surface area contributed by atoms with Crippen molar-refractivity contribution in [1.82, 2.24) is 9.97 Å². The van der Waals surface area contributed by atoms with Gasteiger partial charge >= 0.3 is 0 Å². The molecule has 2 N–H and O–H groups in total. The standard InChI is InChI=1S/C14H24N4/c1-4-6-9-16-13-10(3)12(15-5-2)17-14(18-13)11-7-8-11/h11H,4-9H2,1-3H3,(H2,15,16,17,18). The molecule has 0 unspecified atom stereocenters. The molecule has 1 aliphatic rings. The maximum Gasteiger partial charge on any atom is 0.136 e. The highest BCUT2D eigenvalue weighted by Crippen LogP contribution is 2.39. The molecule has 0 radical (unpaired) electrons. The summed E-state index contributed by atoms with van der Waals surface area (Å²) in [5.74, 6) is 3.61. The van der Waals surface area contributed by atoms with Gasteiger partial charge in [-0.15, -0.1) is 0 Å². The van der Waals surface area contributed by atoms with Crippen LogP contribution >= 0.6 is 0 Å². The third-order valence-electron chi connectivity index (χ3n) is 3.27. The number of nitrogens with zero attached hydrogens (tertiary/aromatic N) is 2. The van der Waals surface area contributed by atoms with Gasteiger partial charge in [-0.1, -0.05) is 13.3 Å². The van der Waals surface area contributed by atoms with Crippen molar-refractivity contribution in [3.8, 4) is 0 Å². The number of nitrogens with one attached hydrogen (secondary N) is 2. The average Bonchev–Trinajstić information content (AvgIpc) is 3.18. The zero-order valence-electron chi connectivity index (χ0n) is 11.7. The molecule has 1 aromatic rings. The predicted octanol–water partition coefficient (Wildman–Crippen LogP) is 3.31. The Bertz CT molecular complexity index is 399. The lowest BCUT2D eigenvalue weighted by molar-refractivity contribution is 0.824. The highest BCUT2D eigenvalue weighted by atomic mass is 15.1. The topological polar surface area (TPSA) is 49.8 Å². The summed E-state index contributed by atoms with van der Waals surface area (Å²) in [4.78, 5) is 9.34. The predicted molar refractivity (Wildman–Crippen MR) is 76.3 cm³/mol. The van der Waals surface area contributed by atoms with E-state index in [2.05, 4.69) is 41.4 Å². The Hall–Kier alpha value is -1.32. The maximum absolute atomic E-state index is 4.69. The molecule has 4 nitrogen and oxygen atoms in total. The fraction of sp³-hybridized carbons (Fsp3) is 0.714. The van der Waals surface area contributed by atoms with Crippen LogP contribution in [0.25, 0.3) is 0 Å². The molecule has 0 spiro atoms. The summed E-state index contributed by atoms with van der Waals surface area (Å²) in [6.07, 6.45) is 4.86. The van der Waals surface area contributed by atoms with E-state index in [0.717, 1.165) is 36.1 Å². The minimum absolute atomic E-state index is 0.592. The largest absolute Gasteiger partial charge is 0.370 e. The van der Waals surface area contributed by atoms with Crippen LogP contribution < -0.4 is 10.6 Å². The number of hydrogen-bond donors (Lipinski definition) is 2. The molecule has 0 aliphatic heterocycles. The van der Waals surface area contributed by atoms with Gasteiger partial charge in [-0.25, -0.2) is 9.97 Å². The van der Waals surface area contributed by atoms with Crippen LogP contribution in [-0.2, 0) is 0 Å². The molecule has 0 amide bonds. The zero-order valence-corrected chi connectivity index (χ0v) is 11.7. The van der Waals surface area contributed by atoms with Crippen LogP contribution in [0.15, 0.2) is 0 Å². The van der Waals surface area contributed by atoms with E-state index in [-0.39, 0.29) is 0 Å². The molecule has 0 atom stereocenters. The Morgan fingerprint density at radius 2 is 1.78 bits per heavy atom. The number of hydrogen-bond acceptors (Lipinski definition) is 4. The molecule has 4 heteroatoms. The lowest BCUT2D eigenvalue weighted by atomic mass is 10.2. The molecular weight excluding hydrogens is 224 g/mol.